The van der Waals surface area contributed by atoms with Crippen molar-refractivity contribution in [2.45, 2.75) is 19.4 Å². The first-order valence-electron chi connectivity index (χ1n) is 5.72. The van der Waals surface area contributed by atoms with Gasteiger partial charge in [0.2, 0.25) is 5.82 Å². The number of hydrogen-bond acceptors (Lipinski definition) is 4. The highest BCUT2D eigenvalue weighted by Gasteiger charge is 2.32. The smallest absolute Gasteiger partial charge is 0.327 e. The Balaban J connectivity index is 2.39. The van der Waals surface area contributed by atoms with E-state index in [1.54, 1.807) is 11.0 Å². The predicted octanol–water partition coefficient (Wildman–Crippen LogP) is 2.35. The molecule has 0 bridgehead atoms. The standard InChI is InChI=1S/C12H15FN2O3/c1-12(2)8-14(6-7-18-12)10-5-3-4-9(13)11(10)15(16)17/h3-5H,6-8H2,1-2H3. The van der Waals surface area contributed by atoms with Crippen molar-refractivity contribution in [3.8, 4) is 0 Å². The number of benzene rings is 1. The van der Waals surface area contributed by atoms with Crippen molar-refractivity contribution in [2.24, 2.45) is 0 Å². The number of nitrogens with zero attached hydrogens (tertiary/aromatic N) is 2. The lowest BCUT2D eigenvalue weighted by Gasteiger charge is -2.39. The average molecular weight is 254 g/mol. The summed E-state index contributed by atoms with van der Waals surface area (Å²) in [5.74, 6) is -0.804. The van der Waals surface area contributed by atoms with E-state index in [2.05, 4.69) is 0 Å². The monoisotopic (exact) mass is 254 g/mol. The molecule has 0 aromatic heterocycles. The Labute approximate surface area is 104 Å². The van der Waals surface area contributed by atoms with E-state index in [1.165, 1.54) is 6.07 Å². The molecule has 0 atom stereocenters. The third-order valence-corrected chi connectivity index (χ3v) is 2.91. The fourth-order valence-electron chi connectivity index (χ4n) is 2.16. The van der Waals surface area contributed by atoms with Crippen molar-refractivity contribution in [1.29, 1.82) is 0 Å². The molecule has 1 heterocycles. The number of rotatable bonds is 2. The highest BCUT2D eigenvalue weighted by molar-refractivity contribution is 5.64. The van der Waals surface area contributed by atoms with E-state index in [9.17, 15) is 14.5 Å². The SMILES string of the molecule is CC1(C)CN(c2cccc(F)c2[N+](=O)[O-])CCO1. The second kappa shape index (κ2) is 4.53. The molecule has 0 N–H and O–H groups in total. The van der Waals surface area contributed by atoms with E-state index >= 15 is 0 Å². The van der Waals surface area contributed by atoms with Crippen LogP contribution in [0, 0.1) is 15.9 Å². The highest BCUT2D eigenvalue weighted by Crippen LogP contribution is 2.33. The third-order valence-electron chi connectivity index (χ3n) is 2.91. The fourth-order valence-corrected chi connectivity index (χ4v) is 2.16. The molecular formula is C12H15FN2O3. The van der Waals surface area contributed by atoms with Gasteiger partial charge in [-0.15, -0.1) is 0 Å². The molecule has 98 valence electrons. The van der Waals surface area contributed by atoms with Crippen LogP contribution in [0.3, 0.4) is 0 Å². The Hall–Kier alpha value is -1.69. The summed E-state index contributed by atoms with van der Waals surface area (Å²) in [6.07, 6.45) is 0. The number of para-hydroxylation sites is 1. The van der Waals surface area contributed by atoms with Crippen molar-refractivity contribution < 1.29 is 14.1 Å². The van der Waals surface area contributed by atoms with Crippen LogP contribution in [0.2, 0.25) is 0 Å². The van der Waals surface area contributed by atoms with E-state index in [0.29, 0.717) is 25.4 Å². The van der Waals surface area contributed by atoms with Crippen molar-refractivity contribution in [3.63, 3.8) is 0 Å². The topological polar surface area (TPSA) is 55.6 Å². The molecule has 1 aliphatic heterocycles. The molecule has 1 aromatic carbocycles. The first kappa shape index (κ1) is 12.8. The number of halogens is 1. The molecule has 1 fully saturated rings. The van der Waals surface area contributed by atoms with Gasteiger partial charge in [0.05, 0.1) is 17.1 Å². The third kappa shape index (κ3) is 2.43. The van der Waals surface area contributed by atoms with E-state index in [4.69, 9.17) is 4.74 Å². The van der Waals surface area contributed by atoms with Crippen LogP contribution in [-0.2, 0) is 4.74 Å². The molecule has 1 aliphatic rings. The van der Waals surface area contributed by atoms with Gasteiger partial charge >= 0.3 is 5.69 Å². The highest BCUT2D eigenvalue weighted by atomic mass is 19.1. The molecule has 5 nitrogen and oxygen atoms in total. The average Bonchev–Trinajstić information content (AvgIpc) is 2.26. The van der Waals surface area contributed by atoms with Crippen molar-refractivity contribution in [1.82, 2.24) is 0 Å². The lowest BCUT2D eigenvalue weighted by Crippen LogP contribution is -2.48. The van der Waals surface area contributed by atoms with Gasteiger partial charge < -0.3 is 9.64 Å². The van der Waals surface area contributed by atoms with Crippen LogP contribution in [0.4, 0.5) is 15.8 Å². The molecule has 1 saturated heterocycles. The van der Waals surface area contributed by atoms with Gasteiger partial charge in [-0.1, -0.05) is 6.07 Å². The van der Waals surface area contributed by atoms with Crippen LogP contribution >= 0.6 is 0 Å². The van der Waals surface area contributed by atoms with Gasteiger partial charge in [0.25, 0.3) is 0 Å². The minimum absolute atomic E-state index is 0.316. The summed E-state index contributed by atoms with van der Waals surface area (Å²) in [4.78, 5) is 12.1. The van der Waals surface area contributed by atoms with Gasteiger partial charge in [-0.2, -0.15) is 4.39 Å². The molecule has 6 heteroatoms. The lowest BCUT2D eigenvalue weighted by molar-refractivity contribution is -0.386. The fraction of sp³-hybridized carbons (Fsp3) is 0.500. The predicted molar refractivity (Wildman–Crippen MR) is 65.3 cm³/mol. The number of nitro groups is 1. The number of morpholine rings is 1. The zero-order valence-corrected chi connectivity index (χ0v) is 10.4. The van der Waals surface area contributed by atoms with Crippen LogP contribution in [-0.4, -0.2) is 30.2 Å². The molecule has 2 rings (SSSR count). The second-order valence-corrected chi connectivity index (χ2v) is 4.89. The normalized spacial score (nSPS) is 18.7. The van der Waals surface area contributed by atoms with Gasteiger partial charge in [-0.05, 0) is 26.0 Å². The first-order chi connectivity index (χ1) is 8.41. The van der Waals surface area contributed by atoms with Gasteiger partial charge in [-0.25, -0.2) is 0 Å². The first-order valence-corrected chi connectivity index (χ1v) is 5.72. The van der Waals surface area contributed by atoms with Crippen molar-refractivity contribution in [3.05, 3.63) is 34.1 Å². The maximum Gasteiger partial charge on any atom is 0.327 e. The van der Waals surface area contributed by atoms with Crippen LogP contribution in [0.5, 0.6) is 0 Å². The van der Waals surface area contributed by atoms with Crippen LogP contribution in [0.15, 0.2) is 18.2 Å². The minimum atomic E-state index is -0.804. The summed E-state index contributed by atoms with van der Waals surface area (Å²) in [5, 5.41) is 11.0. The van der Waals surface area contributed by atoms with Gasteiger partial charge in [0.15, 0.2) is 0 Å². The van der Waals surface area contributed by atoms with Crippen LogP contribution < -0.4 is 4.90 Å². The Kier molecular flexibility index (Phi) is 3.21. The quantitative estimate of drug-likeness (QED) is 0.600. The molecule has 0 aliphatic carbocycles. The Bertz CT molecular complexity index is 476. The largest absolute Gasteiger partial charge is 0.372 e. The van der Waals surface area contributed by atoms with Gasteiger partial charge in [-0.3, -0.25) is 10.1 Å². The molecular weight excluding hydrogens is 239 g/mol. The van der Waals surface area contributed by atoms with Gasteiger partial charge in [0.1, 0.15) is 5.69 Å². The molecule has 18 heavy (non-hydrogen) atoms. The maximum atomic E-state index is 13.5. The van der Waals surface area contributed by atoms with E-state index in [-0.39, 0.29) is 0 Å². The molecule has 1 aromatic rings. The molecule has 0 unspecified atom stereocenters. The second-order valence-electron chi connectivity index (χ2n) is 4.89. The molecule has 0 radical (unpaired) electrons. The summed E-state index contributed by atoms with van der Waals surface area (Å²) in [5.41, 5.74) is -0.537. The number of nitro benzene ring substituents is 1. The summed E-state index contributed by atoms with van der Waals surface area (Å²) >= 11 is 0. The maximum absolute atomic E-state index is 13.5. The Morgan fingerprint density at radius 3 is 2.83 bits per heavy atom. The summed E-state index contributed by atoms with van der Waals surface area (Å²) in [6.45, 7) is 5.31. The van der Waals surface area contributed by atoms with Crippen LogP contribution in [0.25, 0.3) is 0 Å². The number of anilines is 1. The van der Waals surface area contributed by atoms with Crippen molar-refractivity contribution in [2.75, 3.05) is 24.6 Å². The molecule has 0 amide bonds. The van der Waals surface area contributed by atoms with Gasteiger partial charge in [0, 0.05) is 13.1 Å². The van der Waals surface area contributed by atoms with E-state index in [1.807, 2.05) is 13.8 Å². The van der Waals surface area contributed by atoms with Crippen LogP contribution in [0.1, 0.15) is 13.8 Å². The lowest BCUT2D eigenvalue weighted by atomic mass is 10.1. The molecule has 0 saturated carbocycles. The zero-order valence-electron chi connectivity index (χ0n) is 10.4. The molecule has 0 spiro atoms. The summed E-state index contributed by atoms with van der Waals surface area (Å²) in [7, 11) is 0. The Morgan fingerprint density at radius 1 is 1.50 bits per heavy atom. The van der Waals surface area contributed by atoms with E-state index < -0.39 is 22.0 Å². The van der Waals surface area contributed by atoms with E-state index in [0.717, 1.165) is 6.07 Å². The number of hydrogen-bond donors (Lipinski definition) is 0. The summed E-state index contributed by atoms with van der Waals surface area (Å²) in [6, 6.07) is 4.16. The number of ether oxygens (including phenoxy) is 1. The minimum Gasteiger partial charge on any atom is -0.372 e. The zero-order chi connectivity index (χ0) is 13.3. The summed E-state index contributed by atoms with van der Waals surface area (Å²) < 4.78 is 19.1. The van der Waals surface area contributed by atoms with Crippen molar-refractivity contribution >= 4 is 11.4 Å². The Morgan fingerprint density at radius 2 is 2.22 bits per heavy atom.